The maximum atomic E-state index is 12.8. The highest BCUT2D eigenvalue weighted by Gasteiger charge is 2.30. The number of aromatic nitrogens is 1. The SMILES string of the molecule is COC(=O)c1c(-c2ccccc2)[nH]c(-c2cccc3ccccc23)c1C(=O)OC. The van der Waals surface area contributed by atoms with Crippen LogP contribution in [0.25, 0.3) is 33.3 Å². The molecule has 0 radical (unpaired) electrons. The third-order valence-corrected chi connectivity index (χ3v) is 4.90. The molecule has 0 bridgehead atoms. The van der Waals surface area contributed by atoms with E-state index in [4.69, 9.17) is 9.47 Å². The summed E-state index contributed by atoms with van der Waals surface area (Å²) in [5, 5.41) is 1.98. The Morgan fingerprint density at radius 1 is 0.690 bits per heavy atom. The molecular weight excluding hydrogens is 366 g/mol. The van der Waals surface area contributed by atoms with E-state index in [0.717, 1.165) is 21.9 Å². The fourth-order valence-corrected chi connectivity index (χ4v) is 3.58. The predicted octanol–water partition coefficient (Wildman–Crippen LogP) is 5.08. The van der Waals surface area contributed by atoms with Gasteiger partial charge in [0.1, 0.15) is 11.1 Å². The molecule has 0 spiro atoms. The highest BCUT2D eigenvalue weighted by molar-refractivity contribution is 6.13. The molecule has 1 aromatic heterocycles. The molecule has 5 nitrogen and oxygen atoms in total. The van der Waals surface area contributed by atoms with E-state index in [2.05, 4.69) is 4.98 Å². The molecule has 0 aliphatic heterocycles. The number of rotatable bonds is 4. The van der Waals surface area contributed by atoms with E-state index in [9.17, 15) is 9.59 Å². The Balaban J connectivity index is 2.10. The quantitative estimate of drug-likeness (QED) is 0.498. The van der Waals surface area contributed by atoms with Crippen molar-refractivity contribution in [3.63, 3.8) is 0 Å². The van der Waals surface area contributed by atoms with Crippen molar-refractivity contribution in [3.8, 4) is 22.5 Å². The zero-order valence-corrected chi connectivity index (χ0v) is 16.1. The molecule has 0 saturated carbocycles. The lowest BCUT2D eigenvalue weighted by Gasteiger charge is -2.08. The molecule has 3 aromatic carbocycles. The van der Waals surface area contributed by atoms with E-state index in [0.29, 0.717) is 11.4 Å². The average molecular weight is 385 g/mol. The van der Waals surface area contributed by atoms with Gasteiger partial charge in [-0.25, -0.2) is 9.59 Å². The summed E-state index contributed by atoms with van der Waals surface area (Å²) in [6.07, 6.45) is 0. The van der Waals surface area contributed by atoms with Crippen LogP contribution in [0, 0.1) is 0 Å². The molecular formula is C24H19NO4. The second-order valence-corrected chi connectivity index (χ2v) is 6.50. The van der Waals surface area contributed by atoms with E-state index in [1.165, 1.54) is 14.2 Å². The van der Waals surface area contributed by atoms with Crippen LogP contribution in [0.1, 0.15) is 20.7 Å². The Morgan fingerprint density at radius 3 is 1.97 bits per heavy atom. The van der Waals surface area contributed by atoms with E-state index < -0.39 is 11.9 Å². The summed E-state index contributed by atoms with van der Waals surface area (Å²) in [4.78, 5) is 28.8. The number of methoxy groups -OCH3 is 2. The second-order valence-electron chi connectivity index (χ2n) is 6.50. The lowest BCUT2D eigenvalue weighted by molar-refractivity contribution is 0.0558. The fraction of sp³-hybridized carbons (Fsp3) is 0.0833. The highest BCUT2D eigenvalue weighted by Crippen LogP contribution is 2.37. The first-order valence-corrected chi connectivity index (χ1v) is 9.12. The Labute approximate surface area is 167 Å². The number of ether oxygens (including phenoxy) is 2. The van der Waals surface area contributed by atoms with Crippen molar-refractivity contribution in [1.29, 1.82) is 0 Å². The predicted molar refractivity (Wildman–Crippen MR) is 112 cm³/mol. The van der Waals surface area contributed by atoms with Crippen LogP contribution in [0.4, 0.5) is 0 Å². The van der Waals surface area contributed by atoms with Gasteiger partial charge in [-0.3, -0.25) is 0 Å². The molecule has 29 heavy (non-hydrogen) atoms. The maximum absolute atomic E-state index is 12.8. The van der Waals surface area contributed by atoms with Gasteiger partial charge in [-0.2, -0.15) is 0 Å². The number of H-pyrrole nitrogens is 1. The molecule has 0 saturated heterocycles. The normalized spacial score (nSPS) is 10.7. The Morgan fingerprint density at radius 2 is 1.28 bits per heavy atom. The number of nitrogens with one attached hydrogen (secondary N) is 1. The number of carbonyl (C=O) groups excluding carboxylic acids is 2. The summed E-state index contributed by atoms with van der Waals surface area (Å²) in [6.45, 7) is 0. The van der Waals surface area contributed by atoms with Crippen molar-refractivity contribution in [2.45, 2.75) is 0 Å². The van der Waals surface area contributed by atoms with Gasteiger partial charge in [0.25, 0.3) is 0 Å². The number of carbonyl (C=O) groups is 2. The van der Waals surface area contributed by atoms with Crippen LogP contribution in [-0.2, 0) is 9.47 Å². The average Bonchev–Trinajstić information content (AvgIpc) is 3.18. The van der Waals surface area contributed by atoms with Crippen molar-refractivity contribution < 1.29 is 19.1 Å². The summed E-state index contributed by atoms with van der Waals surface area (Å²) in [5.41, 5.74) is 2.93. The molecule has 5 heteroatoms. The van der Waals surface area contributed by atoms with Crippen molar-refractivity contribution in [2.75, 3.05) is 14.2 Å². The molecule has 144 valence electrons. The third-order valence-electron chi connectivity index (χ3n) is 4.90. The van der Waals surface area contributed by atoms with Gasteiger partial charge < -0.3 is 14.5 Å². The van der Waals surface area contributed by atoms with Gasteiger partial charge in [-0.1, -0.05) is 72.8 Å². The number of aromatic amines is 1. The molecule has 4 aromatic rings. The molecule has 1 N–H and O–H groups in total. The van der Waals surface area contributed by atoms with Gasteiger partial charge in [0, 0.05) is 5.56 Å². The first kappa shape index (κ1) is 18.5. The molecule has 0 aliphatic carbocycles. The zero-order chi connectivity index (χ0) is 20.4. The number of hydrogen-bond acceptors (Lipinski definition) is 4. The minimum atomic E-state index is -0.605. The van der Waals surface area contributed by atoms with Crippen LogP contribution >= 0.6 is 0 Å². The summed E-state index contributed by atoms with van der Waals surface area (Å²) in [7, 11) is 2.59. The molecule has 1 heterocycles. The van der Waals surface area contributed by atoms with Gasteiger partial charge in [0.15, 0.2) is 0 Å². The summed E-state index contributed by atoms with van der Waals surface area (Å²) in [5.74, 6) is -1.21. The molecule has 0 aliphatic rings. The number of esters is 2. The van der Waals surface area contributed by atoms with Crippen molar-refractivity contribution >= 4 is 22.7 Å². The fourth-order valence-electron chi connectivity index (χ4n) is 3.58. The number of fused-ring (bicyclic) bond motifs is 1. The van der Waals surface area contributed by atoms with Gasteiger partial charge in [0.2, 0.25) is 0 Å². The van der Waals surface area contributed by atoms with Crippen LogP contribution in [0.3, 0.4) is 0 Å². The van der Waals surface area contributed by atoms with Crippen LogP contribution in [0.5, 0.6) is 0 Å². The Hall–Kier alpha value is -3.86. The summed E-state index contributed by atoms with van der Waals surface area (Å²) < 4.78 is 10.0. The van der Waals surface area contributed by atoms with Crippen molar-refractivity contribution in [3.05, 3.63) is 83.9 Å². The smallest absolute Gasteiger partial charge is 0.340 e. The topological polar surface area (TPSA) is 68.4 Å². The lowest BCUT2D eigenvalue weighted by Crippen LogP contribution is -2.11. The largest absolute Gasteiger partial charge is 0.465 e. The van der Waals surface area contributed by atoms with Gasteiger partial charge >= 0.3 is 11.9 Å². The van der Waals surface area contributed by atoms with Crippen molar-refractivity contribution in [1.82, 2.24) is 4.98 Å². The summed E-state index contributed by atoms with van der Waals surface area (Å²) in [6, 6.07) is 23.1. The first-order chi connectivity index (χ1) is 14.2. The van der Waals surface area contributed by atoms with Crippen LogP contribution < -0.4 is 0 Å². The number of hydrogen-bond donors (Lipinski definition) is 1. The maximum Gasteiger partial charge on any atom is 0.340 e. The molecule has 0 atom stereocenters. The standard InChI is InChI=1S/C24H19NO4/c1-28-23(26)19-20(24(27)29-2)22(25-21(19)16-10-4-3-5-11-16)18-14-8-12-15-9-6-7-13-17(15)18/h3-14,25H,1-2H3. The molecule has 0 amide bonds. The minimum absolute atomic E-state index is 0.161. The van der Waals surface area contributed by atoms with E-state index in [1.54, 1.807) is 0 Å². The van der Waals surface area contributed by atoms with E-state index in [-0.39, 0.29) is 11.1 Å². The molecule has 4 rings (SSSR count). The molecule has 0 unspecified atom stereocenters. The van der Waals surface area contributed by atoms with E-state index in [1.807, 2.05) is 72.8 Å². The van der Waals surface area contributed by atoms with Gasteiger partial charge in [-0.15, -0.1) is 0 Å². The minimum Gasteiger partial charge on any atom is -0.465 e. The van der Waals surface area contributed by atoms with Crippen LogP contribution in [0.15, 0.2) is 72.8 Å². The monoisotopic (exact) mass is 385 g/mol. The Kier molecular flexibility index (Phi) is 4.87. The summed E-state index contributed by atoms with van der Waals surface area (Å²) >= 11 is 0. The third kappa shape index (κ3) is 3.17. The van der Waals surface area contributed by atoms with Gasteiger partial charge in [-0.05, 0) is 16.3 Å². The van der Waals surface area contributed by atoms with Crippen LogP contribution in [0.2, 0.25) is 0 Å². The first-order valence-electron chi connectivity index (χ1n) is 9.12. The van der Waals surface area contributed by atoms with Crippen molar-refractivity contribution in [2.24, 2.45) is 0 Å². The zero-order valence-electron chi connectivity index (χ0n) is 16.1. The molecule has 0 fully saturated rings. The van der Waals surface area contributed by atoms with Gasteiger partial charge in [0.05, 0.1) is 25.6 Å². The van der Waals surface area contributed by atoms with Crippen LogP contribution in [-0.4, -0.2) is 31.1 Å². The Bertz CT molecular complexity index is 1200. The van der Waals surface area contributed by atoms with E-state index >= 15 is 0 Å². The lowest BCUT2D eigenvalue weighted by atomic mass is 9.97. The number of benzene rings is 3. The highest BCUT2D eigenvalue weighted by atomic mass is 16.5. The second kappa shape index (κ2) is 7.64.